The van der Waals surface area contributed by atoms with Gasteiger partial charge in [-0.05, 0) is 12.8 Å². The van der Waals surface area contributed by atoms with E-state index in [4.69, 9.17) is 0 Å². The molecular weight excluding hydrogens is 150 g/mol. The molecule has 3 nitrogen and oxygen atoms in total. The first-order valence-electron chi connectivity index (χ1n) is 3.22. The molecule has 0 amide bonds. The Kier molecular flexibility index (Phi) is 2.11. The maximum Gasteiger partial charge on any atom is 0.209 e. The van der Waals surface area contributed by atoms with Crippen molar-refractivity contribution in [2.24, 2.45) is 0 Å². The van der Waals surface area contributed by atoms with Crippen LogP contribution in [-0.2, 0) is 10.0 Å². The smallest absolute Gasteiger partial charge is 0.209 e. The molecule has 1 rings (SSSR count). The molecule has 4 heteroatoms. The Bertz CT molecular complexity index is 230. The molecule has 0 radical (unpaired) electrons. The molecule has 0 saturated carbocycles. The van der Waals surface area contributed by atoms with Crippen LogP contribution in [0.3, 0.4) is 0 Å². The lowest BCUT2D eigenvalue weighted by Crippen LogP contribution is -2.30. The Morgan fingerprint density at radius 1 is 1.60 bits per heavy atom. The van der Waals surface area contributed by atoms with Crippen LogP contribution in [0.1, 0.15) is 12.8 Å². The summed E-state index contributed by atoms with van der Waals surface area (Å²) in [6.45, 7) is 0. The summed E-state index contributed by atoms with van der Waals surface area (Å²) >= 11 is 0. The highest BCUT2D eigenvalue weighted by Gasteiger charge is 2.12. The SMILES string of the molecule is CS(=O)(=O)NC1C=CCC1. The van der Waals surface area contributed by atoms with E-state index in [0.717, 1.165) is 12.8 Å². The van der Waals surface area contributed by atoms with E-state index in [1.807, 2.05) is 12.2 Å². The summed E-state index contributed by atoms with van der Waals surface area (Å²) in [7, 11) is -3.01. The molecular formula is C6H11NO2S. The van der Waals surface area contributed by atoms with Crippen LogP contribution >= 0.6 is 0 Å². The molecule has 58 valence electrons. The fourth-order valence-corrected chi connectivity index (χ4v) is 1.75. The van der Waals surface area contributed by atoms with E-state index in [1.165, 1.54) is 6.26 Å². The van der Waals surface area contributed by atoms with Gasteiger partial charge in [-0.25, -0.2) is 13.1 Å². The molecule has 1 aliphatic rings. The Balaban J connectivity index is 2.47. The predicted octanol–water partition coefficient (Wildman–Crippen LogP) is 0.254. The molecule has 0 saturated heterocycles. The van der Waals surface area contributed by atoms with Crippen LogP contribution in [0.4, 0.5) is 0 Å². The van der Waals surface area contributed by atoms with Gasteiger partial charge < -0.3 is 0 Å². The first kappa shape index (κ1) is 7.75. The van der Waals surface area contributed by atoms with Crippen molar-refractivity contribution in [2.75, 3.05) is 6.26 Å². The highest BCUT2D eigenvalue weighted by Crippen LogP contribution is 2.08. The maximum atomic E-state index is 10.6. The lowest BCUT2D eigenvalue weighted by Gasteiger charge is -2.06. The Morgan fingerprint density at radius 3 is 2.70 bits per heavy atom. The monoisotopic (exact) mass is 161 g/mol. The van der Waals surface area contributed by atoms with Gasteiger partial charge in [-0.15, -0.1) is 0 Å². The third-order valence-electron chi connectivity index (χ3n) is 1.38. The van der Waals surface area contributed by atoms with Gasteiger partial charge in [-0.1, -0.05) is 12.2 Å². The zero-order valence-electron chi connectivity index (χ0n) is 5.87. The Labute approximate surface area is 61.2 Å². The van der Waals surface area contributed by atoms with Crippen LogP contribution in [0, 0.1) is 0 Å². The second-order valence-corrected chi connectivity index (χ2v) is 4.28. The summed E-state index contributed by atoms with van der Waals surface area (Å²) in [5, 5.41) is 0. The highest BCUT2D eigenvalue weighted by molar-refractivity contribution is 7.88. The van der Waals surface area contributed by atoms with Crippen molar-refractivity contribution in [3.05, 3.63) is 12.2 Å². The predicted molar refractivity (Wildman–Crippen MR) is 40.1 cm³/mol. The van der Waals surface area contributed by atoms with Crippen LogP contribution < -0.4 is 4.72 Å². The van der Waals surface area contributed by atoms with Gasteiger partial charge in [0.05, 0.1) is 6.26 Å². The molecule has 0 aliphatic heterocycles. The molecule has 0 fully saturated rings. The lowest BCUT2D eigenvalue weighted by molar-refractivity contribution is 0.575. The van der Waals surface area contributed by atoms with Crippen molar-refractivity contribution >= 4 is 10.0 Å². The van der Waals surface area contributed by atoms with Crippen LogP contribution in [0.2, 0.25) is 0 Å². The number of sulfonamides is 1. The average molecular weight is 161 g/mol. The molecule has 1 N–H and O–H groups in total. The zero-order chi connectivity index (χ0) is 7.61. The van der Waals surface area contributed by atoms with Crippen molar-refractivity contribution in [3.8, 4) is 0 Å². The first-order chi connectivity index (χ1) is 4.58. The molecule has 0 spiro atoms. The summed E-state index contributed by atoms with van der Waals surface area (Å²) in [6.07, 6.45) is 6.93. The minimum absolute atomic E-state index is 0.0370. The number of allylic oxidation sites excluding steroid dienone is 1. The van der Waals surface area contributed by atoms with Crippen LogP contribution in [0.5, 0.6) is 0 Å². The van der Waals surface area contributed by atoms with E-state index in [2.05, 4.69) is 4.72 Å². The van der Waals surface area contributed by atoms with Gasteiger partial charge in [0, 0.05) is 6.04 Å². The summed E-state index contributed by atoms with van der Waals surface area (Å²) in [5.74, 6) is 0. The van der Waals surface area contributed by atoms with Crippen molar-refractivity contribution in [2.45, 2.75) is 18.9 Å². The first-order valence-corrected chi connectivity index (χ1v) is 5.11. The molecule has 0 aromatic heterocycles. The standard InChI is InChI=1S/C6H11NO2S/c1-10(8,9)7-6-4-2-3-5-6/h2,4,6-7H,3,5H2,1H3. The van der Waals surface area contributed by atoms with Gasteiger partial charge in [-0.2, -0.15) is 0 Å². The van der Waals surface area contributed by atoms with E-state index in [0.29, 0.717) is 0 Å². The maximum absolute atomic E-state index is 10.6. The summed E-state index contributed by atoms with van der Waals surface area (Å²) in [6, 6.07) is 0.0370. The topological polar surface area (TPSA) is 46.2 Å². The number of hydrogen-bond acceptors (Lipinski definition) is 2. The number of hydrogen-bond donors (Lipinski definition) is 1. The fourth-order valence-electron chi connectivity index (χ4n) is 1.01. The molecule has 0 bridgehead atoms. The quantitative estimate of drug-likeness (QED) is 0.590. The second-order valence-electron chi connectivity index (χ2n) is 2.50. The molecule has 1 atom stereocenters. The molecule has 1 unspecified atom stereocenters. The normalized spacial score (nSPS) is 25.5. The van der Waals surface area contributed by atoms with Gasteiger partial charge >= 0.3 is 0 Å². The van der Waals surface area contributed by atoms with Gasteiger partial charge in [0.1, 0.15) is 0 Å². The average Bonchev–Trinajstić information content (AvgIpc) is 2.12. The number of nitrogens with one attached hydrogen (secondary N) is 1. The summed E-state index contributed by atoms with van der Waals surface area (Å²) in [5.41, 5.74) is 0. The summed E-state index contributed by atoms with van der Waals surface area (Å²) in [4.78, 5) is 0. The van der Waals surface area contributed by atoms with E-state index < -0.39 is 10.0 Å². The molecule has 0 aromatic carbocycles. The summed E-state index contributed by atoms with van der Waals surface area (Å²) < 4.78 is 23.8. The van der Waals surface area contributed by atoms with E-state index in [-0.39, 0.29) is 6.04 Å². The minimum Gasteiger partial charge on any atom is -0.213 e. The van der Waals surface area contributed by atoms with Gasteiger partial charge in [-0.3, -0.25) is 0 Å². The fraction of sp³-hybridized carbons (Fsp3) is 0.667. The Morgan fingerprint density at radius 2 is 2.30 bits per heavy atom. The highest BCUT2D eigenvalue weighted by atomic mass is 32.2. The molecule has 10 heavy (non-hydrogen) atoms. The van der Waals surface area contributed by atoms with Gasteiger partial charge in [0.2, 0.25) is 10.0 Å². The van der Waals surface area contributed by atoms with Crippen LogP contribution in [0.15, 0.2) is 12.2 Å². The van der Waals surface area contributed by atoms with Crippen molar-refractivity contribution < 1.29 is 8.42 Å². The third-order valence-corrected chi connectivity index (χ3v) is 2.11. The van der Waals surface area contributed by atoms with Crippen LogP contribution in [-0.4, -0.2) is 20.7 Å². The van der Waals surface area contributed by atoms with E-state index in [9.17, 15) is 8.42 Å². The van der Waals surface area contributed by atoms with Crippen molar-refractivity contribution in [1.29, 1.82) is 0 Å². The van der Waals surface area contributed by atoms with E-state index >= 15 is 0 Å². The van der Waals surface area contributed by atoms with Gasteiger partial charge in [0.25, 0.3) is 0 Å². The molecule has 0 heterocycles. The second kappa shape index (κ2) is 2.72. The minimum atomic E-state index is -3.01. The zero-order valence-corrected chi connectivity index (χ0v) is 6.69. The lowest BCUT2D eigenvalue weighted by atomic mass is 10.3. The van der Waals surface area contributed by atoms with Crippen molar-refractivity contribution in [1.82, 2.24) is 4.72 Å². The van der Waals surface area contributed by atoms with Crippen molar-refractivity contribution in [3.63, 3.8) is 0 Å². The van der Waals surface area contributed by atoms with E-state index in [1.54, 1.807) is 0 Å². The molecule has 0 aromatic rings. The number of rotatable bonds is 2. The van der Waals surface area contributed by atoms with Gasteiger partial charge in [0.15, 0.2) is 0 Å². The van der Waals surface area contributed by atoms with Crippen LogP contribution in [0.25, 0.3) is 0 Å². The Hall–Kier alpha value is -0.350. The molecule has 1 aliphatic carbocycles. The largest absolute Gasteiger partial charge is 0.213 e. The third kappa shape index (κ3) is 2.49.